The molecular formula is C13H16F2N4. The zero-order chi connectivity index (χ0) is 14.2. The second-order valence-corrected chi connectivity index (χ2v) is 5.43. The number of rotatable bonds is 2. The largest absolute Gasteiger partial charge is 0.381 e. The predicted molar refractivity (Wildman–Crippen MR) is 68.6 cm³/mol. The van der Waals surface area contributed by atoms with Gasteiger partial charge in [-0.25, -0.2) is 13.5 Å². The third-order valence-corrected chi connectivity index (χ3v) is 2.84. The van der Waals surface area contributed by atoms with Gasteiger partial charge in [-0.1, -0.05) is 32.1 Å². The summed E-state index contributed by atoms with van der Waals surface area (Å²) >= 11 is 0. The number of nitrogen functional groups attached to an aromatic ring is 1. The molecule has 0 unspecified atom stereocenters. The number of nitrogens with zero attached hydrogens (tertiary/aromatic N) is 3. The second-order valence-electron chi connectivity index (χ2n) is 5.43. The molecule has 1 aromatic carbocycles. The molecule has 0 spiro atoms. The first kappa shape index (κ1) is 13.5. The van der Waals surface area contributed by atoms with Gasteiger partial charge in [0.15, 0.2) is 5.82 Å². The minimum absolute atomic E-state index is 0.0324. The van der Waals surface area contributed by atoms with Crippen LogP contribution >= 0.6 is 0 Å². The first-order valence-electron chi connectivity index (χ1n) is 5.93. The monoisotopic (exact) mass is 266 g/mol. The fourth-order valence-corrected chi connectivity index (χ4v) is 2.04. The van der Waals surface area contributed by atoms with Gasteiger partial charge in [0, 0.05) is 11.0 Å². The van der Waals surface area contributed by atoms with E-state index in [0.29, 0.717) is 5.69 Å². The maximum absolute atomic E-state index is 13.6. The van der Waals surface area contributed by atoms with Crippen molar-refractivity contribution in [1.82, 2.24) is 15.0 Å². The highest BCUT2D eigenvalue weighted by Gasteiger charge is 2.25. The summed E-state index contributed by atoms with van der Waals surface area (Å²) in [6, 6.07) is 3.76. The smallest absolute Gasteiger partial charge is 0.169 e. The van der Waals surface area contributed by atoms with Crippen LogP contribution in [0.2, 0.25) is 0 Å². The molecule has 1 heterocycles. The van der Waals surface area contributed by atoms with Gasteiger partial charge in [0.25, 0.3) is 0 Å². The molecule has 2 N–H and O–H groups in total. The van der Waals surface area contributed by atoms with E-state index in [1.54, 1.807) is 0 Å². The summed E-state index contributed by atoms with van der Waals surface area (Å²) < 4.78 is 28.7. The summed E-state index contributed by atoms with van der Waals surface area (Å²) in [5, 5.41) is 7.65. The molecule has 0 aliphatic rings. The number of nitrogens with two attached hydrogens (primary N) is 1. The van der Waals surface area contributed by atoms with Gasteiger partial charge in [-0.15, -0.1) is 5.10 Å². The van der Waals surface area contributed by atoms with Crippen LogP contribution in [0.1, 0.15) is 32.0 Å². The van der Waals surface area contributed by atoms with E-state index in [9.17, 15) is 8.78 Å². The Bertz CT molecular complexity index is 579. The summed E-state index contributed by atoms with van der Waals surface area (Å²) in [6.07, 6.45) is 0. The summed E-state index contributed by atoms with van der Waals surface area (Å²) in [6.45, 7) is 5.79. The molecule has 0 radical (unpaired) electrons. The molecule has 0 aliphatic heterocycles. The molecule has 0 aliphatic carbocycles. The Hall–Kier alpha value is -1.98. The van der Waals surface area contributed by atoms with Crippen LogP contribution in [0.25, 0.3) is 0 Å². The van der Waals surface area contributed by atoms with Crippen molar-refractivity contribution in [2.24, 2.45) is 0 Å². The van der Waals surface area contributed by atoms with Crippen molar-refractivity contribution in [3.05, 3.63) is 41.1 Å². The number of aromatic nitrogens is 3. The standard InChI is InChI=1S/C13H16F2N4/c1-13(2,3)11-12(16)17-18-19(11)7-8-9(14)5-4-6-10(8)15/h4-6H,7,16H2,1-3H3. The van der Waals surface area contributed by atoms with Gasteiger partial charge in [-0.05, 0) is 12.1 Å². The van der Waals surface area contributed by atoms with Crippen molar-refractivity contribution in [2.45, 2.75) is 32.7 Å². The summed E-state index contributed by atoms with van der Waals surface area (Å²) in [7, 11) is 0. The molecule has 4 nitrogen and oxygen atoms in total. The molecule has 2 aromatic rings. The molecule has 19 heavy (non-hydrogen) atoms. The molecular weight excluding hydrogens is 250 g/mol. The fourth-order valence-electron chi connectivity index (χ4n) is 2.04. The molecule has 0 atom stereocenters. The molecule has 1 aromatic heterocycles. The van der Waals surface area contributed by atoms with Crippen LogP contribution in [0.4, 0.5) is 14.6 Å². The molecule has 2 rings (SSSR count). The topological polar surface area (TPSA) is 56.7 Å². The van der Waals surface area contributed by atoms with E-state index in [-0.39, 0.29) is 23.3 Å². The van der Waals surface area contributed by atoms with E-state index >= 15 is 0 Å². The van der Waals surface area contributed by atoms with E-state index in [0.717, 1.165) is 0 Å². The van der Waals surface area contributed by atoms with Crippen molar-refractivity contribution in [1.29, 1.82) is 0 Å². The SMILES string of the molecule is CC(C)(C)c1c(N)nnn1Cc1c(F)cccc1F. The maximum Gasteiger partial charge on any atom is 0.169 e. The van der Waals surface area contributed by atoms with Crippen LogP contribution in [0, 0.1) is 11.6 Å². The van der Waals surface area contributed by atoms with Crippen LogP contribution in [0.5, 0.6) is 0 Å². The van der Waals surface area contributed by atoms with Crippen LogP contribution in [0.3, 0.4) is 0 Å². The van der Waals surface area contributed by atoms with E-state index in [4.69, 9.17) is 5.73 Å². The Kier molecular flexibility index (Phi) is 3.26. The Morgan fingerprint density at radius 1 is 1.21 bits per heavy atom. The highest BCUT2D eigenvalue weighted by Crippen LogP contribution is 2.27. The van der Waals surface area contributed by atoms with Crippen molar-refractivity contribution in [3.8, 4) is 0 Å². The molecule has 0 fully saturated rings. The van der Waals surface area contributed by atoms with Gasteiger partial charge >= 0.3 is 0 Å². The average molecular weight is 266 g/mol. The fraction of sp³-hybridized carbons (Fsp3) is 0.385. The normalized spacial score (nSPS) is 11.8. The van der Waals surface area contributed by atoms with E-state index < -0.39 is 11.6 Å². The third kappa shape index (κ3) is 2.57. The number of benzene rings is 1. The van der Waals surface area contributed by atoms with Crippen molar-refractivity contribution in [2.75, 3.05) is 5.73 Å². The summed E-state index contributed by atoms with van der Waals surface area (Å²) in [4.78, 5) is 0. The number of hydrogen-bond donors (Lipinski definition) is 1. The quantitative estimate of drug-likeness (QED) is 0.908. The lowest BCUT2D eigenvalue weighted by Crippen LogP contribution is -2.21. The number of anilines is 1. The van der Waals surface area contributed by atoms with Crippen molar-refractivity contribution in [3.63, 3.8) is 0 Å². The first-order valence-corrected chi connectivity index (χ1v) is 5.93. The minimum Gasteiger partial charge on any atom is -0.381 e. The number of halogens is 2. The van der Waals surface area contributed by atoms with Crippen molar-refractivity contribution < 1.29 is 8.78 Å². The highest BCUT2D eigenvalue weighted by molar-refractivity contribution is 5.38. The van der Waals surface area contributed by atoms with Gasteiger partial charge in [-0.2, -0.15) is 0 Å². The summed E-state index contributed by atoms with van der Waals surface area (Å²) in [5.41, 5.74) is 6.08. The van der Waals surface area contributed by atoms with Gasteiger partial charge in [0.2, 0.25) is 0 Å². The number of hydrogen-bond acceptors (Lipinski definition) is 3. The lowest BCUT2D eigenvalue weighted by molar-refractivity contribution is 0.479. The molecule has 0 saturated carbocycles. The van der Waals surface area contributed by atoms with Gasteiger partial charge < -0.3 is 5.73 Å². The summed E-state index contributed by atoms with van der Waals surface area (Å²) in [5.74, 6) is -0.924. The lowest BCUT2D eigenvalue weighted by Gasteiger charge is -2.20. The first-order chi connectivity index (χ1) is 8.80. The van der Waals surface area contributed by atoms with E-state index in [1.165, 1.54) is 22.9 Å². The van der Waals surface area contributed by atoms with E-state index in [2.05, 4.69) is 10.3 Å². The highest BCUT2D eigenvalue weighted by atomic mass is 19.1. The lowest BCUT2D eigenvalue weighted by atomic mass is 9.91. The zero-order valence-electron chi connectivity index (χ0n) is 11.1. The predicted octanol–water partition coefficient (Wildman–Crippen LogP) is 2.48. The van der Waals surface area contributed by atoms with Crippen LogP contribution in [-0.2, 0) is 12.0 Å². The molecule has 0 amide bonds. The van der Waals surface area contributed by atoms with Crippen LogP contribution < -0.4 is 5.73 Å². The van der Waals surface area contributed by atoms with Gasteiger partial charge in [-0.3, -0.25) is 0 Å². The second kappa shape index (κ2) is 4.60. The van der Waals surface area contributed by atoms with Crippen molar-refractivity contribution >= 4 is 5.82 Å². The molecule has 6 heteroatoms. The maximum atomic E-state index is 13.6. The Morgan fingerprint density at radius 3 is 2.32 bits per heavy atom. The van der Waals surface area contributed by atoms with E-state index in [1.807, 2.05) is 20.8 Å². The van der Waals surface area contributed by atoms with Crippen LogP contribution in [0.15, 0.2) is 18.2 Å². The Labute approximate surface area is 110 Å². The average Bonchev–Trinajstić information content (AvgIpc) is 2.65. The molecule has 102 valence electrons. The zero-order valence-corrected chi connectivity index (χ0v) is 11.1. The van der Waals surface area contributed by atoms with Crippen LogP contribution in [-0.4, -0.2) is 15.0 Å². The Morgan fingerprint density at radius 2 is 1.79 bits per heavy atom. The molecule has 0 saturated heterocycles. The van der Waals surface area contributed by atoms with Gasteiger partial charge in [0.1, 0.15) is 11.6 Å². The Balaban J connectivity index is 2.46. The third-order valence-electron chi connectivity index (χ3n) is 2.84. The minimum atomic E-state index is -0.603. The molecule has 0 bridgehead atoms. The van der Waals surface area contributed by atoms with Gasteiger partial charge in [0.05, 0.1) is 12.2 Å².